The van der Waals surface area contributed by atoms with E-state index < -0.39 is 0 Å². The van der Waals surface area contributed by atoms with Gasteiger partial charge in [-0.05, 0) is 23.8 Å². The van der Waals surface area contributed by atoms with E-state index in [0.717, 1.165) is 21.6 Å². The van der Waals surface area contributed by atoms with Crippen LogP contribution in [0.2, 0.25) is 5.02 Å². The molecule has 0 aliphatic heterocycles. The maximum absolute atomic E-state index is 6.10. The Balaban J connectivity index is 2.49. The summed E-state index contributed by atoms with van der Waals surface area (Å²) in [5.74, 6) is 0. The van der Waals surface area contributed by atoms with Crippen LogP contribution in [0.1, 0.15) is 5.56 Å². The molecule has 0 N–H and O–H groups in total. The molecule has 0 unspecified atom stereocenters. The van der Waals surface area contributed by atoms with E-state index in [9.17, 15) is 0 Å². The Bertz CT molecular complexity index is 471. The fraction of sp³-hybridized carbons (Fsp3) is 0.0833. The van der Waals surface area contributed by atoms with Gasteiger partial charge in [-0.3, -0.25) is 4.98 Å². The first-order chi connectivity index (χ1) is 7.31. The van der Waals surface area contributed by atoms with Gasteiger partial charge in [0.25, 0.3) is 0 Å². The average Bonchev–Trinajstić information content (AvgIpc) is 2.30. The number of aromatic nitrogens is 1. The van der Waals surface area contributed by atoms with Gasteiger partial charge in [0, 0.05) is 22.1 Å². The highest BCUT2D eigenvalue weighted by Gasteiger charge is 2.03. The second-order valence-electron chi connectivity index (χ2n) is 3.16. The molecule has 1 aromatic carbocycles. The number of halogens is 2. The van der Waals surface area contributed by atoms with Crippen molar-refractivity contribution in [3.8, 4) is 11.3 Å². The predicted octanol–water partition coefficient (Wildman–Crippen LogP) is 4.30. The third-order valence-corrected chi connectivity index (χ3v) is 3.11. The molecule has 0 spiro atoms. The molecule has 0 bridgehead atoms. The summed E-state index contributed by atoms with van der Waals surface area (Å²) < 4.78 is 0. The Kier molecular flexibility index (Phi) is 3.39. The van der Waals surface area contributed by atoms with Gasteiger partial charge in [0.15, 0.2) is 0 Å². The van der Waals surface area contributed by atoms with Gasteiger partial charge in [-0.25, -0.2) is 0 Å². The summed E-state index contributed by atoms with van der Waals surface area (Å²) in [7, 11) is 0. The van der Waals surface area contributed by atoms with Gasteiger partial charge in [-0.15, -0.1) is 0 Å². The van der Waals surface area contributed by atoms with E-state index in [-0.39, 0.29) is 0 Å². The second-order valence-corrected chi connectivity index (χ2v) is 4.13. The van der Waals surface area contributed by atoms with E-state index in [1.165, 1.54) is 5.56 Å². The van der Waals surface area contributed by atoms with E-state index in [1.54, 1.807) is 6.20 Å². The van der Waals surface area contributed by atoms with Crippen molar-refractivity contribution in [1.29, 1.82) is 0 Å². The topological polar surface area (TPSA) is 12.9 Å². The summed E-state index contributed by atoms with van der Waals surface area (Å²) in [5.41, 5.74) is 3.08. The molecule has 2 aromatic rings. The summed E-state index contributed by atoms with van der Waals surface area (Å²) in [6, 6.07) is 11.7. The number of hydrogen-bond donors (Lipinski definition) is 0. The number of rotatable bonds is 2. The fourth-order valence-electron chi connectivity index (χ4n) is 1.37. The van der Waals surface area contributed by atoms with Crippen LogP contribution in [-0.4, -0.2) is 4.98 Å². The Morgan fingerprint density at radius 2 is 2.00 bits per heavy atom. The fourth-order valence-corrected chi connectivity index (χ4v) is 1.95. The lowest BCUT2D eigenvalue weighted by atomic mass is 10.1. The smallest absolute Gasteiger partial charge is 0.0719 e. The molecule has 15 heavy (non-hydrogen) atoms. The maximum Gasteiger partial charge on any atom is 0.0719 e. The SMILES string of the molecule is Clc1ccccc1-c1cc(CBr)ccn1. The lowest BCUT2D eigenvalue weighted by molar-refractivity contribution is 1.28. The van der Waals surface area contributed by atoms with Crippen molar-refractivity contribution < 1.29 is 0 Å². The number of pyridine rings is 1. The molecule has 0 saturated carbocycles. The van der Waals surface area contributed by atoms with Gasteiger partial charge in [0.2, 0.25) is 0 Å². The summed E-state index contributed by atoms with van der Waals surface area (Å²) >= 11 is 9.52. The second kappa shape index (κ2) is 4.77. The molecule has 3 heteroatoms. The minimum atomic E-state index is 0.733. The van der Waals surface area contributed by atoms with Gasteiger partial charge in [-0.1, -0.05) is 45.7 Å². The minimum absolute atomic E-state index is 0.733. The molecule has 1 aromatic heterocycles. The first kappa shape index (κ1) is 10.7. The van der Waals surface area contributed by atoms with E-state index >= 15 is 0 Å². The molecule has 1 heterocycles. The summed E-state index contributed by atoms with van der Waals surface area (Å²) in [5, 5.41) is 1.56. The Morgan fingerprint density at radius 1 is 1.20 bits per heavy atom. The standard InChI is InChI=1S/C12H9BrClN/c13-8-9-5-6-15-12(7-9)10-3-1-2-4-11(10)14/h1-7H,8H2. The van der Waals surface area contributed by atoms with Crippen molar-refractivity contribution in [3.05, 3.63) is 53.2 Å². The monoisotopic (exact) mass is 281 g/mol. The normalized spacial score (nSPS) is 10.3. The number of hydrogen-bond acceptors (Lipinski definition) is 1. The zero-order valence-electron chi connectivity index (χ0n) is 7.95. The lowest BCUT2D eigenvalue weighted by Crippen LogP contribution is -1.86. The third-order valence-electron chi connectivity index (χ3n) is 2.13. The van der Waals surface area contributed by atoms with Gasteiger partial charge in [0.05, 0.1) is 5.69 Å². The highest BCUT2D eigenvalue weighted by molar-refractivity contribution is 9.08. The molecule has 0 atom stereocenters. The summed E-state index contributed by atoms with van der Waals surface area (Å²) in [6.07, 6.45) is 1.80. The van der Waals surface area contributed by atoms with Crippen LogP contribution in [0.3, 0.4) is 0 Å². The van der Waals surface area contributed by atoms with Crippen molar-refractivity contribution in [2.45, 2.75) is 5.33 Å². The van der Waals surface area contributed by atoms with Crippen LogP contribution in [0.15, 0.2) is 42.6 Å². The van der Waals surface area contributed by atoms with Crippen molar-refractivity contribution in [2.24, 2.45) is 0 Å². The van der Waals surface area contributed by atoms with Crippen LogP contribution in [-0.2, 0) is 5.33 Å². The molecular formula is C12H9BrClN. The van der Waals surface area contributed by atoms with Crippen LogP contribution in [0.25, 0.3) is 11.3 Å². The first-order valence-electron chi connectivity index (χ1n) is 4.57. The molecule has 0 aliphatic rings. The van der Waals surface area contributed by atoms with Crippen LogP contribution in [0, 0.1) is 0 Å². The van der Waals surface area contributed by atoms with Crippen molar-refractivity contribution >= 4 is 27.5 Å². The van der Waals surface area contributed by atoms with E-state index in [1.807, 2.05) is 36.4 Å². The molecule has 0 amide bonds. The quantitative estimate of drug-likeness (QED) is 0.749. The molecule has 2 rings (SSSR count). The van der Waals surface area contributed by atoms with Gasteiger partial charge in [-0.2, -0.15) is 0 Å². The summed E-state index contributed by atoms with van der Waals surface area (Å²) in [4.78, 5) is 4.31. The summed E-state index contributed by atoms with van der Waals surface area (Å²) in [6.45, 7) is 0. The Labute approximate surface area is 102 Å². The third kappa shape index (κ3) is 2.39. The van der Waals surface area contributed by atoms with Gasteiger partial charge in [0.1, 0.15) is 0 Å². The van der Waals surface area contributed by atoms with Crippen LogP contribution < -0.4 is 0 Å². The van der Waals surface area contributed by atoms with E-state index in [4.69, 9.17) is 11.6 Å². The molecule has 0 aliphatic carbocycles. The van der Waals surface area contributed by atoms with Crippen molar-refractivity contribution in [1.82, 2.24) is 4.98 Å². The Hall–Kier alpha value is -0.860. The molecular weight excluding hydrogens is 273 g/mol. The number of alkyl halides is 1. The highest BCUT2D eigenvalue weighted by atomic mass is 79.9. The maximum atomic E-state index is 6.10. The van der Waals surface area contributed by atoms with Crippen LogP contribution in [0.5, 0.6) is 0 Å². The van der Waals surface area contributed by atoms with Gasteiger partial charge < -0.3 is 0 Å². The molecule has 0 saturated heterocycles. The van der Waals surface area contributed by atoms with Crippen LogP contribution in [0.4, 0.5) is 0 Å². The van der Waals surface area contributed by atoms with E-state index in [2.05, 4.69) is 20.9 Å². The van der Waals surface area contributed by atoms with Crippen molar-refractivity contribution in [3.63, 3.8) is 0 Å². The number of benzene rings is 1. The first-order valence-corrected chi connectivity index (χ1v) is 6.07. The highest BCUT2D eigenvalue weighted by Crippen LogP contribution is 2.26. The number of nitrogens with zero attached hydrogens (tertiary/aromatic N) is 1. The molecule has 1 nitrogen and oxygen atoms in total. The van der Waals surface area contributed by atoms with Gasteiger partial charge >= 0.3 is 0 Å². The zero-order valence-corrected chi connectivity index (χ0v) is 10.3. The van der Waals surface area contributed by atoms with Crippen molar-refractivity contribution in [2.75, 3.05) is 0 Å². The molecule has 76 valence electrons. The largest absolute Gasteiger partial charge is 0.256 e. The average molecular weight is 283 g/mol. The molecule has 0 fully saturated rings. The van der Waals surface area contributed by atoms with E-state index in [0.29, 0.717) is 0 Å². The zero-order chi connectivity index (χ0) is 10.7. The lowest BCUT2D eigenvalue weighted by Gasteiger charge is -2.04. The minimum Gasteiger partial charge on any atom is -0.256 e. The Morgan fingerprint density at radius 3 is 2.73 bits per heavy atom. The molecule has 0 radical (unpaired) electrons. The predicted molar refractivity (Wildman–Crippen MR) is 67.3 cm³/mol. The van der Waals surface area contributed by atoms with Crippen LogP contribution >= 0.6 is 27.5 Å².